The number of hydrogen-bond acceptors (Lipinski definition) is 5. The SMILES string of the molecule is CCOP(=O)(OCC)C(C)(N)C(N)=O. The maximum absolute atomic E-state index is 12.0. The van der Waals surface area contributed by atoms with Gasteiger partial charge in [0.25, 0.3) is 0 Å². The van der Waals surface area contributed by atoms with E-state index in [1.54, 1.807) is 13.8 Å². The van der Waals surface area contributed by atoms with Crippen molar-refractivity contribution in [2.45, 2.75) is 26.1 Å². The number of amides is 1. The second-order valence-electron chi connectivity index (χ2n) is 2.84. The predicted molar refractivity (Wildman–Crippen MR) is 52.6 cm³/mol. The number of nitrogens with two attached hydrogens (primary N) is 2. The molecule has 0 aliphatic rings. The molecule has 0 saturated carbocycles. The summed E-state index contributed by atoms with van der Waals surface area (Å²) < 4.78 is 21.8. The van der Waals surface area contributed by atoms with Gasteiger partial charge in [-0.3, -0.25) is 9.36 Å². The van der Waals surface area contributed by atoms with Crippen molar-refractivity contribution in [1.29, 1.82) is 0 Å². The molecule has 14 heavy (non-hydrogen) atoms. The van der Waals surface area contributed by atoms with E-state index in [2.05, 4.69) is 0 Å². The molecule has 1 unspecified atom stereocenters. The number of rotatable bonds is 6. The van der Waals surface area contributed by atoms with E-state index in [4.69, 9.17) is 20.5 Å². The van der Waals surface area contributed by atoms with E-state index in [-0.39, 0.29) is 13.2 Å². The molecule has 0 fully saturated rings. The van der Waals surface area contributed by atoms with Crippen LogP contribution in [0.2, 0.25) is 0 Å². The Kier molecular flexibility index (Phi) is 4.74. The van der Waals surface area contributed by atoms with Gasteiger partial charge in [-0.25, -0.2) is 0 Å². The van der Waals surface area contributed by atoms with E-state index in [1.165, 1.54) is 6.92 Å². The molecular weight excluding hydrogens is 207 g/mol. The molecule has 0 saturated heterocycles. The first-order valence-corrected chi connectivity index (χ1v) is 5.84. The Balaban J connectivity index is 4.99. The Morgan fingerprint density at radius 2 is 1.71 bits per heavy atom. The molecular formula is C7H17N2O4P. The van der Waals surface area contributed by atoms with Crippen molar-refractivity contribution in [1.82, 2.24) is 0 Å². The van der Waals surface area contributed by atoms with Crippen LogP contribution in [-0.4, -0.2) is 24.4 Å². The molecule has 0 heterocycles. The molecule has 7 heteroatoms. The minimum Gasteiger partial charge on any atom is -0.367 e. The van der Waals surface area contributed by atoms with Crippen molar-refractivity contribution in [2.24, 2.45) is 11.5 Å². The average molecular weight is 224 g/mol. The van der Waals surface area contributed by atoms with Gasteiger partial charge in [0.2, 0.25) is 5.91 Å². The standard InChI is InChI=1S/C7H17N2O4P/c1-4-12-14(11,13-5-2)7(3,9)6(8)10/h4-5,9H2,1-3H3,(H2,8,10). The number of hydrogen-bond donors (Lipinski definition) is 2. The van der Waals surface area contributed by atoms with E-state index >= 15 is 0 Å². The highest BCUT2D eigenvalue weighted by atomic mass is 31.2. The molecule has 0 aliphatic heterocycles. The molecule has 6 nitrogen and oxygen atoms in total. The van der Waals surface area contributed by atoms with E-state index < -0.39 is 18.8 Å². The van der Waals surface area contributed by atoms with Gasteiger partial charge >= 0.3 is 7.60 Å². The molecule has 0 rings (SSSR count). The van der Waals surface area contributed by atoms with Gasteiger partial charge in [0.15, 0.2) is 5.28 Å². The second kappa shape index (κ2) is 4.89. The third-order valence-electron chi connectivity index (χ3n) is 1.67. The minimum absolute atomic E-state index is 0.136. The van der Waals surface area contributed by atoms with Crippen LogP contribution in [0.1, 0.15) is 20.8 Å². The zero-order valence-electron chi connectivity index (χ0n) is 8.65. The van der Waals surface area contributed by atoms with Gasteiger partial charge < -0.3 is 20.5 Å². The molecule has 0 aliphatic carbocycles. The summed E-state index contributed by atoms with van der Waals surface area (Å²) in [4.78, 5) is 11.0. The van der Waals surface area contributed by atoms with Gasteiger partial charge in [-0.05, 0) is 20.8 Å². The maximum atomic E-state index is 12.0. The molecule has 0 aromatic heterocycles. The Labute approximate surface area is 83.5 Å². The van der Waals surface area contributed by atoms with Gasteiger partial charge in [-0.2, -0.15) is 0 Å². The van der Waals surface area contributed by atoms with Crippen LogP contribution in [0.4, 0.5) is 0 Å². The highest BCUT2D eigenvalue weighted by Crippen LogP contribution is 2.57. The molecule has 1 atom stereocenters. The molecule has 0 bridgehead atoms. The highest BCUT2D eigenvalue weighted by molar-refractivity contribution is 7.56. The Morgan fingerprint density at radius 1 is 1.36 bits per heavy atom. The van der Waals surface area contributed by atoms with Gasteiger partial charge in [0, 0.05) is 0 Å². The fourth-order valence-corrected chi connectivity index (χ4v) is 2.34. The predicted octanol–water partition coefficient (Wildman–Crippen LogP) is 0.413. The summed E-state index contributed by atoms with van der Waals surface area (Å²) in [6.07, 6.45) is 0. The molecule has 84 valence electrons. The van der Waals surface area contributed by atoms with Gasteiger partial charge in [0.05, 0.1) is 13.2 Å². The highest BCUT2D eigenvalue weighted by Gasteiger charge is 2.49. The smallest absolute Gasteiger partial charge is 0.359 e. The third kappa shape index (κ3) is 2.54. The largest absolute Gasteiger partial charge is 0.367 e. The first-order chi connectivity index (χ1) is 6.31. The van der Waals surface area contributed by atoms with E-state index in [1.807, 2.05) is 0 Å². The molecule has 0 spiro atoms. The lowest BCUT2D eigenvalue weighted by atomic mass is 10.3. The van der Waals surface area contributed by atoms with Crippen LogP contribution in [0.3, 0.4) is 0 Å². The Morgan fingerprint density at radius 3 is 1.93 bits per heavy atom. The summed E-state index contributed by atoms with van der Waals surface area (Å²) in [5.41, 5.74) is 10.5. The van der Waals surface area contributed by atoms with Crippen molar-refractivity contribution in [3.05, 3.63) is 0 Å². The summed E-state index contributed by atoms with van der Waals surface area (Å²) in [5, 5.41) is -1.79. The molecule has 0 aromatic rings. The van der Waals surface area contributed by atoms with E-state index in [0.29, 0.717) is 0 Å². The van der Waals surface area contributed by atoms with Crippen LogP contribution < -0.4 is 11.5 Å². The minimum atomic E-state index is -3.68. The Hall–Kier alpha value is -0.420. The average Bonchev–Trinajstić information content (AvgIpc) is 2.04. The lowest BCUT2D eigenvalue weighted by Gasteiger charge is -2.29. The quantitative estimate of drug-likeness (QED) is 0.636. The van der Waals surface area contributed by atoms with Crippen LogP contribution in [0.5, 0.6) is 0 Å². The zero-order valence-corrected chi connectivity index (χ0v) is 9.54. The summed E-state index contributed by atoms with van der Waals surface area (Å²) in [6, 6.07) is 0. The molecule has 0 aromatic carbocycles. The summed E-state index contributed by atoms with van der Waals surface area (Å²) in [7, 11) is -3.68. The van der Waals surface area contributed by atoms with Gasteiger partial charge in [0.1, 0.15) is 0 Å². The molecule has 4 N–H and O–H groups in total. The first-order valence-electron chi connectivity index (χ1n) is 4.29. The van der Waals surface area contributed by atoms with E-state index in [9.17, 15) is 9.36 Å². The Bertz CT molecular complexity index is 244. The zero-order chi connectivity index (χ0) is 11.4. The fraction of sp³-hybridized carbons (Fsp3) is 0.857. The van der Waals surface area contributed by atoms with Crippen LogP contribution in [0.15, 0.2) is 0 Å². The van der Waals surface area contributed by atoms with Crippen molar-refractivity contribution < 1.29 is 18.4 Å². The van der Waals surface area contributed by atoms with Crippen molar-refractivity contribution >= 4 is 13.5 Å². The van der Waals surface area contributed by atoms with Gasteiger partial charge in [-0.1, -0.05) is 0 Å². The summed E-state index contributed by atoms with van der Waals surface area (Å²) in [6.45, 7) is 4.77. The monoisotopic (exact) mass is 224 g/mol. The normalized spacial score (nSPS) is 16.3. The van der Waals surface area contributed by atoms with Crippen LogP contribution in [0.25, 0.3) is 0 Å². The third-order valence-corrected chi connectivity index (χ3v) is 4.22. The summed E-state index contributed by atoms with van der Waals surface area (Å²) in [5.74, 6) is -0.914. The number of carbonyl (C=O) groups is 1. The first kappa shape index (κ1) is 13.6. The van der Waals surface area contributed by atoms with Crippen molar-refractivity contribution in [2.75, 3.05) is 13.2 Å². The maximum Gasteiger partial charge on any atom is 0.359 e. The topological polar surface area (TPSA) is 105 Å². The van der Waals surface area contributed by atoms with Gasteiger partial charge in [-0.15, -0.1) is 0 Å². The van der Waals surface area contributed by atoms with Crippen LogP contribution in [0, 0.1) is 0 Å². The lowest BCUT2D eigenvalue weighted by molar-refractivity contribution is -0.120. The van der Waals surface area contributed by atoms with Crippen molar-refractivity contribution in [3.63, 3.8) is 0 Å². The summed E-state index contributed by atoms with van der Waals surface area (Å²) >= 11 is 0. The van der Waals surface area contributed by atoms with Crippen molar-refractivity contribution in [3.8, 4) is 0 Å². The van der Waals surface area contributed by atoms with Crippen LogP contribution in [-0.2, 0) is 18.4 Å². The second-order valence-corrected chi connectivity index (χ2v) is 5.29. The molecule has 1 amide bonds. The lowest BCUT2D eigenvalue weighted by Crippen LogP contribution is -2.49. The molecule has 0 radical (unpaired) electrons. The number of primary amides is 1. The fourth-order valence-electron chi connectivity index (χ4n) is 0.780. The van der Waals surface area contributed by atoms with E-state index in [0.717, 1.165) is 0 Å². The van der Waals surface area contributed by atoms with Crippen LogP contribution >= 0.6 is 7.60 Å². The number of carbonyl (C=O) groups excluding carboxylic acids is 1.